The molecule has 0 fully saturated rings. The van der Waals surface area contributed by atoms with Crippen LogP contribution in [0.3, 0.4) is 0 Å². The van der Waals surface area contributed by atoms with Crippen molar-refractivity contribution in [2.24, 2.45) is 0 Å². The van der Waals surface area contributed by atoms with E-state index in [1.54, 1.807) is 43.6 Å². The summed E-state index contributed by atoms with van der Waals surface area (Å²) in [5.74, 6) is -1.83. The van der Waals surface area contributed by atoms with E-state index in [0.29, 0.717) is 29.1 Å². The molecule has 0 atom stereocenters. The second kappa shape index (κ2) is 11.5. The predicted octanol–water partition coefficient (Wildman–Crippen LogP) is 4.64. The first-order valence-corrected chi connectivity index (χ1v) is 11.5. The Kier molecular flexibility index (Phi) is 8.50. The molecule has 0 unspecified atom stereocenters. The van der Waals surface area contributed by atoms with Crippen LogP contribution in [-0.4, -0.2) is 44.3 Å². The lowest BCUT2D eigenvalue weighted by atomic mass is 10.0. The van der Waals surface area contributed by atoms with E-state index in [2.05, 4.69) is 15.3 Å². The number of aromatic nitrogens is 2. The van der Waals surface area contributed by atoms with Gasteiger partial charge in [-0.3, -0.25) is 19.2 Å². The Morgan fingerprint density at radius 2 is 1.50 bits per heavy atom. The van der Waals surface area contributed by atoms with E-state index < -0.39 is 11.9 Å². The van der Waals surface area contributed by atoms with Crippen LogP contribution in [0.4, 0.5) is 5.69 Å². The summed E-state index contributed by atoms with van der Waals surface area (Å²) in [6.45, 7) is 3.71. The molecule has 9 nitrogen and oxygen atoms in total. The molecule has 1 amide bonds. The molecule has 0 saturated heterocycles. The number of anilines is 1. The van der Waals surface area contributed by atoms with Gasteiger partial charge in [-0.15, -0.1) is 0 Å². The maximum absolute atomic E-state index is 12.2. The van der Waals surface area contributed by atoms with Crippen molar-refractivity contribution >= 4 is 53.1 Å². The molecular weight excluding hydrogens is 486 g/mol. The number of aliphatic carboxylic acids is 2. The van der Waals surface area contributed by atoms with Gasteiger partial charge < -0.3 is 25.5 Å². The fraction of sp³-hybridized carbons (Fsp3) is 0.231. The minimum absolute atomic E-state index is 0.0770. The van der Waals surface area contributed by atoms with E-state index in [9.17, 15) is 19.2 Å². The van der Waals surface area contributed by atoms with Crippen molar-refractivity contribution in [2.75, 3.05) is 5.32 Å². The van der Waals surface area contributed by atoms with Crippen LogP contribution in [0.5, 0.6) is 0 Å². The highest BCUT2D eigenvalue weighted by atomic mass is 35.5. The summed E-state index contributed by atoms with van der Waals surface area (Å²) >= 11 is 6.02. The fourth-order valence-corrected chi connectivity index (χ4v) is 4.00. The summed E-state index contributed by atoms with van der Waals surface area (Å²) in [7, 11) is 0. The van der Waals surface area contributed by atoms with E-state index in [-0.39, 0.29) is 18.7 Å². The second-order valence-electron chi connectivity index (χ2n) is 8.31. The van der Waals surface area contributed by atoms with Crippen molar-refractivity contribution in [1.82, 2.24) is 9.97 Å². The number of carbonyl (C=O) groups excluding carboxylic acids is 2. The molecule has 1 aromatic carbocycles. The van der Waals surface area contributed by atoms with E-state index in [4.69, 9.17) is 21.8 Å². The Hall–Kier alpha value is -4.11. The van der Waals surface area contributed by atoms with Crippen molar-refractivity contribution in [3.63, 3.8) is 0 Å². The standard InChI is InChI=1S/C17H15ClN2O3.C9H11NO3/c1-9-10(2-5-16(21)22)8-19-15(9)7-13-12-6-11(18)3-4-14(12)20-17(13)23;1-6-7(2-3-9(12)13)4-10-8(6)5-11/h3-4,6-8,19H,2,5H2,1H3,(H,20,23)(H,21,22);4-5,10H,2-3H2,1H3,(H,12,13). The van der Waals surface area contributed by atoms with E-state index in [0.717, 1.165) is 45.5 Å². The van der Waals surface area contributed by atoms with Gasteiger partial charge in [0, 0.05) is 47.2 Å². The van der Waals surface area contributed by atoms with Gasteiger partial charge >= 0.3 is 11.9 Å². The first kappa shape index (κ1) is 26.5. The van der Waals surface area contributed by atoms with Crippen LogP contribution in [0.25, 0.3) is 11.6 Å². The number of halogens is 1. The molecule has 4 rings (SSSR count). The number of aryl methyl sites for hydroxylation is 2. The molecule has 2 aromatic heterocycles. The summed E-state index contributed by atoms with van der Waals surface area (Å²) in [6, 6.07) is 5.26. The zero-order chi connectivity index (χ0) is 26.4. The zero-order valence-electron chi connectivity index (χ0n) is 19.8. The summed E-state index contributed by atoms with van der Waals surface area (Å²) in [4.78, 5) is 49.5. The molecule has 0 aliphatic carbocycles. The lowest BCUT2D eigenvalue weighted by Crippen LogP contribution is -2.03. The number of hydrogen-bond donors (Lipinski definition) is 5. The number of benzene rings is 1. The summed E-state index contributed by atoms with van der Waals surface area (Å²) < 4.78 is 0. The number of carboxylic acids is 2. The lowest BCUT2D eigenvalue weighted by Gasteiger charge is -2.00. The topological polar surface area (TPSA) is 152 Å². The first-order valence-electron chi connectivity index (χ1n) is 11.2. The normalized spacial score (nSPS) is 13.1. The molecule has 1 aliphatic rings. The average molecular weight is 512 g/mol. The van der Waals surface area contributed by atoms with E-state index >= 15 is 0 Å². The average Bonchev–Trinajstić information content (AvgIpc) is 3.46. The number of H-pyrrole nitrogens is 2. The number of carboxylic acid groups (broad SMARTS) is 2. The number of carbonyl (C=O) groups is 4. The van der Waals surface area contributed by atoms with Crippen LogP contribution in [0.2, 0.25) is 5.02 Å². The first-order chi connectivity index (χ1) is 17.1. The largest absolute Gasteiger partial charge is 0.481 e. The molecule has 36 heavy (non-hydrogen) atoms. The minimum Gasteiger partial charge on any atom is -0.481 e. The number of aldehydes is 1. The summed E-state index contributed by atoms with van der Waals surface area (Å²) in [6.07, 6.45) is 7.07. The fourth-order valence-electron chi connectivity index (χ4n) is 3.83. The van der Waals surface area contributed by atoms with Gasteiger partial charge in [0.25, 0.3) is 5.91 Å². The molecule has 0 radical (unpaired) electrons. The minimum atomic E-state index is -0.829. The van der Waals surface area contributed by atoms with Crippen LogP contribution in [0.1, 0.15) is 56.8 Å². The number of amides is 1. The highest BCUT2D eigenvalue weighted by molar-refractivity contribution is 6.36. The zero-order valence-corrected chi connectivity index (χ0v) is 20.5. The van der Waals surface area contributed by atoms with Crippen LogP contribution >= 0.6 is 11.6 Å². The van der Waals surface area contributed by atoms with Crippen LogP contribution < -0.4 is 5.32 Å². The Bertz CT molecular complexity index is 1350. The quantitative estimate of drug-likeness (QED) is 0.219. The van der Waals surface area contributed by atoms with E-state index in [1.807, 2.05) is 6.92 Å². The van der Waals surface area contributed by atoms with Crippen molar-refractivity contribution < 1.29 is 29.4 Å². The summed E-state index contributed by atoms with van der Waals surface area (Å²) in [5, 5.41) is 20.6. The van der Waals surface area contributed by atoms with Gasteiger partial charge in [-0.25, -0.2) is 0 Å². The summed E-state index contributed by atoms with van der Waals surface area (Å²) in [5.41, 5.74) is 6.98. The number of hydrogen-bond acceptors (Lipinski definition) is 4. The maximum Gasteiger partial charge on any atom is 0.303 e. The van der Waals surface area contributed by atoms with Gasteiger partial charge in [0.1, 0.15) is 0 Å². The number of rotatable bonds is 8. The molecule has 1 aliphatic heterocycles. The van der Waals surface area contributed by atoms with Gasteiger partial charge in [0.05, 0.1) is 11.3 Å². The van der Waals surface area contributed by atoms with Crippen LogP contribution in [-0.2, 0) is 27.2 Å². The molecule has 3 heterocycles. The van der Waals surface area contributed by atoms with Crippen molar-refractivity contribution in [2.45, 2.75) is 39.5 Å². The van der Waals surface area contributed by atoms with Gasteiger partial charge in [-0.2, -0.15) is 0 Å². The molecule has 0 bridgehead atoms. The third-order valence-electron chi connectivity index (χ3n) is 5.96. The molecule has 10 heteroatoms. The van der Waals surface area contributed by atoms with E-state index in [1.165, 1.54) is 0 Å². The predicted molar refractivity (Wildman–Crippen MR) is 136 cm³/mol. The monoisotopic (exact) mass is 511 g/mol. The van der Waals surface area contributed by atoms with Crippen LogP contribution in [0, 0.1) is 13.8 Å². The maximum atomic E-state index is 12.2. The highest BCUT2D eigenvalue weighted by Gasteiger charge is 2.24. The molecule has 0 spiro atoms. The molecular formula is C26H26ClN3O6. The smallest absolute Gasteiger partial charge is 0.303 e. The Morgan fingerprint density at radius 1 is 0.944 bits per heavy atom. The lowest BCUT2D eigenvalue weighted by molar-refractivity contribution is -0.138. The van der Waals surface area contributed by atoms with Crippen molar-refractivity contribution in [3.8, 4) is 0 Å². The molecule has 0 saturated carbocycles. The van der Waals surface area contributed by atoms with Crippen molar-refractivity contribution in [3.05, 3.63) is 74.8 Å². The molecule has 5 N–H and O–H groups in total. The number of nitrogens with one attached hydrogen (secondary N) is 3. The number of fused-ring (bicyclic) bond motifs is 1. The molecule has 3 aromatic rings. The van der Waals surface area contributed by atoms with Gasteiger partial charge in [-0.1, -0.05) is 11.6 Å². The SMILES string of the molecule is Cc1c(CCC(=O)O)c[nH]c1C=C1C(=O)Nc2ccc(Cl)cc21.Cc1c(CCC(=O)O)c[nH]c1C=O. The third-order valence-corrected chi connectivity index (χ3v) is 6.20. The van der Waals surface area contributed by atoms with Crippen LogP contribution in [0.15, 0.2) is 30.6 Å². The third kappa shape index (κ3) is 6.31. The second-order valence-corrected chi connectivity index (χ2v) is 8.75. The van der Waals surface area contributed by atoms with Gasteiger partial charge in [0.2, 0.25) is 0 Å². The number of aromatic amines is 2. The Balaban J connectivity index is 0.000000236. The Labute approximate surface area is 212 Å². The highest BCUT2D eigenvalue weighted by Crippen LogP contribution is 2.35. The van der Waals surface area contributed by atoms with Gasteiger partial charge in [-0.05, 0) is 73.2 Å². The van der Waals surface area contributed by atoms with Gasteiger partial charge in [0.15, 0.2) is 6.29 Å². The van der Waals surface area contributed by atoms with Crippen molar-refractivity contribution in [1.29, 1.82) is 0 Å². The Morgan fingerprint density at radius 3 is 2.03 bits per heavy atom. The molecule has 188 valence electrons.